The minimum atomic E-state index is 0.571. The highest BCUT2D eigenvalue weighted by atomic mass is 35.5. The molecule has 0 saturated heterocycles. The van der Waals surface area contributed by atoms with E-state index in [1.165, 1.54) is 0 Å². The molecule has 0 aromatic heterocycles. The van der Waals surface area contributed by atoms with Crippen molar-refractivity contribution in [3.63, 3.8) is 0 Å². The summed E-state index contributed by atoms with van der Waals surface area (Å²) >= 11 is 5.81. The van der Waals surface area contributed by atoms with Crippen LogP contribution in [0.15, 0.2) is 48.5 Å². The van der Waals surface area contributed by atoms with Gasteiger partial charge in [-0.25, -0.2) is 0 Å². The minimum Gasteiger partial charge on any atom is -0.356 e. The molecule has 0 fully saturated rings. The Hall–Kier alpha value is -1.51. The Labute approximate surface area is 100 Å². The Morgan fingerprint density at radius 3 is 1.88 bits per heavy atom. The van der Waals surface area contributed by atoms with Gasteiger partial charge in [-0.2, -0.15) is 0 Å². The molecule has 0 saturated carbocycles. The quantitative estimate of drug-likeness (QED) is 0.850. The van der Waals surface area contributed by atoms with Gasteiger partial charge in [0.2, 0.25) is 0 Å². The number of anilines is 2. The molecule has 3 heteroatoms. The number of rotatable bonds is 3. The van der Waals surface area contributed by atoms with Crippen LogP contribution in [0.5, 0.6) is 0 Å². The van der Waals surface area contributed by atoms with E-state index in [1.807, 2.05) is 48.5 Å². The Morgan fingerprint density at radius 1 is 0.875 bits per heavy atom. The molecule has 2 nitrogen and oxygen atoms in total. The molecule has 0 aliphatic carbocycles. The molecule has 82 valence electrons. The van der Waals surface area contributed by atoms with E-state index in [0.717, 1.165) is 22.0 Å². The maximum atomic E-state index is 5.81. The maximum absolute atomic E-state index is 5.81. The second-order valence-corrected chi connectivity index (χ2v) is 3.97. The summed E-state index contributed by atoms with van der Waals surface area (Å²) in [5.74, 6) is 0. The number of halogens is 1. The van der Waals surface area contributed by atoms with Crippen molar-refractivity contribution in [1.82, 2.24) is 0 Å². The van der Waals surface area contributed by atoms with Gasteiger partial charge in [0.05, 0.1) is 0 Å². The zero-order valence-electron chi connectivity index (χ0n) is 8.78. The van der Waals surface area contributed by atoms with E-state index in [4.69, 9.17) is 17.3 Å². The van der Waals surface area contributed by atoms with Gasteiger partial charge in [0.1, 0.15) is 0 Å². The summed E-state index contributed by atoms with van der Waals surface area (Å²) in [4.78, 5) is 0. The highest BCUT2D eigenvalue weighted by Gasteiger charge is 1.95. The summed E-state index contributed by atoms with van der Waals surface area (Å²) in [6.45, 7) is 0.571. The Bertz CT molecular complexity index is 448. The molecular weight excluding hydrogens is 220 g/mol. The van der Waals surface area contributed by atoms with Crippen LogP contribution in [0, 0.1) is 0 Å². The first-order valence-corrected chi connectivity index (χ1v) is 5.47. The fourth-order valence-corrected chi connectivity index (χ4v) is 1.55. The third-order valence-corrected chi connectivity index (χ3v) is 2.57. The van der Waals surface area contributed by atoms with Crippen molar-refractivity contribution < 1.29 is 0 Å². The van der Waals surface area contributed by atoms with Crippen LogP contribution in [0.2, 0.25) is 5.02 Å². The summed E-state index contributed by atoms with van der Waals surface area (Å²) in [5.41, 5.74) is 8.72. The molecule has 0 aliphatic heterocycles. The highest BCUT2D eigenvalue weighted by Crippen LogP contribution is 2.19. The number of benzene rings is 2. The lowest BCUT2D eigenvalue weighted by Crippen LogP contribution is -1.96. The maximum Gasteiger partial charge on any atom is 0.0407 e. The predicted octanol–water partition coefficient (Wildman–Crippen LogP) is 3.54. The van der Waals surface area contributed by atoms with Gasteiger partial charge in [0.25, 0.3) is 0 Å². The van der Waals surface area contributed by atoms with Crippen molar-refractivity contribution >= 4 is 23.0 Å². The van der Waals surface area contributed by atoms with Crippen molar-refractivity contribution in [3.05, 3.63) is 59.1 Å². The van der Waals surface area contributed by atoms with Crippen molar-refractivity contribution in [2.75, 3.05) is 5.32 Å². The molecule has 0 heterocycles. The fourth-order valence-electron chi connectivity index (χ4n) is 1.42. The average molecular weight is 233 g/mol. The zero-order chi connectivity index (χ0) is 11.4. The van der Waals surface area contributed by atoms with E-state index >= 15 is 0 Å². The molecule has 0 aliphatic rings. The summed E-state index contributed by atoms with van der Waals surface area (Å²) in [7, 11) is 0. The van der Waals surface area contributed by atoms with Crippen molar-refractivity contribution in [1.29, 1.82) is 0 Å². The van der Waals surface area contributed by atoms with Gasteiger partial charge >= 0.3 is 0 Å². The normalized spacial score (nSPS) is 10.1. The Balaban J connectivity index is 2.11. The molecule has 16 heavy (non-hydrogen) atoms. The Kier molecular flexibility index (Phi) is 3.44. The van der Waals surface area contributed by atoms with Crippen LogP contribution in [0.3, 0.4) is 0 Å². The van der Waals surface area contributed by atoms with Crippen LogP contribution in [-0.4, -0.2) is 0 Å². The number of hydrogen-bond donors (Lipinski definition) is 2. The molecule has 3 N–H and O–H groups in total. The number of hydrogen-bond acceptors (Lipinski definition) is 2. The van der Waals surface area contributed by atoms with Crippen LogP contribution in [0.25, 0.3) is 0 Å². The summed E-state index contributed by atoms with van der Waals surface area (Å²) in [5, 5.41) is 4.02. The fraction of sp³-hybridized carbons (Fsp3) is 0.0769. The van der Waals surface area contributed by atoms with Crippen molar-refractivity contribution in [3.8, 4) is 0 Å². The van der Waals surface area contributed by atoms with Crippen LogP contribution in [0.1, 0.15) is 5.56 Å². The molecule has 0 atom stereocenters. The molecule has 0 radical (unpaired) electrons. The molecule has 0 unspecified atom stereocenters. The van der Waals surface area contributed by atoms with Gasteiger partial charge in [0, 0.05) is 22.9 Å². The predicted molar refractivity (Wildman–Crippen MR) is 69.1 cm³/mol. The minimum absolute atomic E-state index is 0.571. The summed E-state index contributed by atoms with van der Waals surface area (Å²) in [6, 6.07) is 15.7. The molecule has 0 bridgehead atoms. The first-order valence-electron chi connectivity index (χ1n) is 5.09. The molecular formula is C13H13ClN2. The van der Waals surface area contributed by atoms with E-state index in [0.29, 0.717) is 6.54 Å². The number of nitrogens with two attached hydrogens (primary N) is 1. The van der Waals surface area contributed by atoms with Gasteiger partial charge in [-0.3, -0.25) is 0 Å². The molecule has 2 aromatic carbocycles. The first-order chi connectivity index (χ1) is 7.78. The van der Waals surface area contributed by atoms with E-state index in [1.54, 1.807) is 0 Å². The summed E-state index contributed by atoms with van der Waals surface area (Å²) < 4.78 is 0. The van der Waals surface area contributed by atoms with E-state index in [9.17, 15) is 0 Å². The van der Waals surface area contributed by atoms with Crippen molar-refractivity contribution in [2.45, 2.75) is 6.54 Å². The Morgan fingerprint density at radius 2 is 1.38 bits per heavy atom. The van der Waals surface area contributed by atoms with Crippen molar-refractivity contribution in [2.24, 2.45) is 5.73 Å². The first kappa shape index (κ1) is 11.0. The van der Waals surface area contributed by atoms with Gasteiger partial charge in [-0.15, -0.1) is 0 Å². The molecule has 2 rings (SSSR count). The average Bonchev–Trinajstić information content (AvgIpc) is 2.33. The van der Waals surface area contributed by atoms with Crippen LogP contribution in [-0.2, 0) is 6.54 Å². The number of nitrogens with one attached hydrogen (secondary N) is 1. The largest absolute Gasteiger partial charge is 0.356 e. The van der Waals surface area contributed by atoms with Gasteiger partial charge in [-0.1, -0.05) is 23.7 Å². The lowest BCUT2D eigenvalue weighted by molar-refractivity contribution is 1.07. The zero-order valence-corrected chi connectivity index (χ0v) is 9.54. The van der Waals surface area contributed by atoms with Crippen LogP contribution in [0.4, 0.5) is 11.4 Å². The topological polar surface area (TPSA) is 38.0 Å². The standard InChI is InChI=1S/C13H13ClN2/c14-11-3-7-13(8-4-11)16-12-5-1-10(9-15)2-6-12/h1-8,16H,9,15H2. The second kappa shape index (κ2) is 5.01. The van der Waals surface area contributed by atoms with E-state index in [-0.39, 0.29) is 0 Å². The monoisotopic (exact) mass is 232 g/mol. The third kappa shape index (κ3) is 2.75. The third-order valence-electron chi connectivity index (χ3n) is 2.32. The van der Waals surface area contributed by atoms with E-state index in [2.05, 4.69) is 5.32 Å². The van der Waals surface area contributed by atoms with Gasteiger partial charge in [-0.05, 0) is 42.0 Å². The highest BCUT2D eigenvalue weighted by molar-refractivity contribution is 6.30. The molecule has 0 amide bonds. The van der Waals surface area contributed by atoms with Gasteiger partial charge < -0.3 is 11.1 Å². The smallest absolute Gasteiger partial charge is 0.0407 e. The van der Waals surface area contributed by atoms with Crippen LogP contribution >= 0.6 is 11.6 Å². The van der Waals surface area contributed by atoms with E-state index < -0.39 is 0 Å². The lowest BCUT2D eigenvalue weighted by atomic mass is 10.2. The van der Waals surface area contributed by atoms with Crippen LogP contribution < -0.4 is 11.1 Å². The SMILES string of the molecule is NCc1ccc(Nc2ccc(Cl)cc2)cc1. The summed E-state index contributed by atoms with van der Waals surface area (Å²) in [6.07, 6.45) is 0. The second-order valence-electron chi connectivity index (χ2n) is 3.53. The van der Waals surface area contributed by atoms with Gasteiger partial charge in [0.15, 0.2) is 0 Å². The molecule has 0 spiro atoms. The lowest BCUT2D eigenvalue weighted by Gasteiger charge is -2.06. The molecule has 2 aromatic rings.